The number of amides is 2. The fourth-order valence-corrected chi connectivity index (χ4v) is 2.51. The van der Waals surface area contributed by atoms with Gasteiger partial charge in [0.1, 0.15) is 0 Å². The molecule has 1 atom stereocenters. The van der Waals surface area contributed by atoms with Gasteiger partial charge in [0.25, 0.3) is 5.91 Å². The molecule has 0 aromatic heterocycles. The Kier molecular flexibility index (Phi) is 5.80. The van der Waals surface area contributed by atoms with Gasteiger partial charge in [-0.3, -0.25) is 9.59 Å². The van der Waals surface area contributed by atoms with Crippen LogP contribution in [-0.2, 0) is 4.79 Å². The molecule has 2 aliphatic rings. The van der Waals surface area contributed by atoms with Crippen molar-refractivity contribution in [3.8, 4) is 0 Å². The molecule has 1 aliphatic carbocycles. The summed E-state index contributed by atoms with van der Waals surface area (Å²) in [7, 11) is 0. The Hall–Kier alpha value is -1.59. The van der Waals surface area contributed by atoms with Crippen LogP contribution in [0.25, 0.3) is 0 Å². The van der Waals surface area contributed by atoms with Crippen LogP contribution in [-0.4, -0.2) is 30.4 Å². The van der Waals surface area contributed by atoms with Gasteiger partial charge in [0.05, 0.1) is 6.04 Å². The largest absolute Gasteiger partial charge is 0.349 e. The van der Waals surface area contributed by atoms with E-state index in [9.17, 15) is 9.59 Å². The molecule has 0 spiro atoms. The highest BCUT2D eigenvalue weighted by Crippen LogP contribution is 2.20. The molecule has 0 radical (unpaired) electrons. The van der Waals surface area contributed by atoms with Crippen molar-refractivity contribution in [2.75, 3.05) is 11.9 Å². The maximum absolute atomic E-state index is 12.1. The lowest BCUT2D eigenvalue weighted by atomic mass is 10.0. The normalized spacial score (nSPS) is 20.6. The van der Waals surface area contributed by atoms with Crippen LogP contribution in [0.4, 0.5) is 5.69 Å². The van der Waals surface area contributed by atoms with Crippen molar-refractivity contribution in [1.29, 1.82) is 0 Å². The lowest BCUT2D eigenvalue weighted by Gasteiger charge is -2.22. The molecule has 6 heteroatoms. The molecule has 2 fully saturated rings. The first-order valence-corrected chi connectivity index (χ1v) is 7.67. The first kappa shape index (κ1) is 16.8. The summed E-state index contributed by atoms with van der Waals surface area (Å²) in [4.78, 5) is 24.0. The van der Waals surface area contributed by atoms with Crippen molar-refractivity contribution in [2.45, 2.75) is 44.2 Å². The molecule has 2 amide bonds. The molecular formula is C16H22ClN3O2. The van der Waals surface area contributed by atoms with Crippen LogP contribution in [0.3, 0.4) is 0 Å². The van der Waals surface area contributed by atoms with E-state index in [1.807, 2.05) is 0 Å². The maximum Gasteiger partial charge on any atom is 0.251 e. The second kappa shape index (κ2) is 7.61. The Morgan fingerprint density at radius 2 is 1.77 bits per heavy atom. The van der Waals surface area contributed by atoms with Crippen molar-refractivity contribution < 1.29 is 9.59 Å². The zero-order valence-electron chi connectivity index (χ0n) is 12.4. The summed E-state index contributed by atoms with van der Waals surface area (Å²) in [5.41, 5.74) is 1.37. The van der Waals surface area contributed by atoms with Crippen LogP contribution < -0.4 is 16.0 Å². The molecule has 0 unspecified atom stereocenters. The number of rotatable bonds is 4. The summed E-state index contributed by atoms with van der Waals surface area (Å²) in [6.45, 7) is 0.901. The zero-order valence-corrected chi connectivity index (χ0v) is 13.2. The Bertz CT molecular complexity index is 523. The van der Waals surface area contributed by atoms with Gasteiger partial charge in [0.2, 0.25) is 5.91 Å². The van der Waals surface area contributed by atoms with Crippen LogP contribution >= 0.6 is 12.4 Å². The van der Waals surface area contributed by atoms with Gasteiger partial charge in [-0.1, -0.05) is 6.42 Å². The van der Waals surface area contributed by atoms with E-state index in [-0.39, 0.29) is 30.3 Å². The molecule has 1 heterocycles. The Balaban J connectivity index is 0.00000176. The van der Waals surface area contributed by atoms with Crippen molar-refractivity contribution >= 4 is 29.9 Å². The van der Waals surface area contributed by atoms with Crippen LogP contribution in [0.1, 0.15) is 42.5 Å². The number of hydrogen-bond acceptors (Lipinski definition) is 3. The molecule has 0 bridgehead atoms. The van der Waals surface area contributed by atoms with Crippen LogP contribution in [0.2, 0.25) is 0 Å². The number of halogens is 1. The molecule has 120 valence electrons. The highest BCUT2D eigenvalue weighted by molar-refractivity contribution is 5.97. The molecule has 3 rings (SSSR count). The van der Waals surface area contributed by atoms with Crippen molar-refractivity contribution in [3.63, 3.8) is 0 Å². The number of carbonyl (C=O) groups is 2. The summed E-state index contributed by atoms with van der Waals surface area (Å²) in [5, 5.41) is 9.06. The average molecular weight is 324 g/mol. The van der Waals surface area contributed by atoms with Gasteiger partial charge >= 0.3 is 0 Å². The number of hydrogen-bond donors (Lipinski definition) is 3. The van der Waals surface area contributed by atoms with Crippen molar-refractivity contribution in [1.82, 2.24) is 10.6 Å². The van der Waals surface area contributed by atoms with Gasteiger partial charge in [-0.25, -0.2) is 0 Å². The minimum atomic E-state index is -0.100. The topological polar surface area (TPSA) is 70.2 Å². The Morgan fingerprint density at radius 1 is 1.05 bits per heavy atom. The van der Waals surface area contributed by atoms with Crippen LogP contribution in [0.5, 0.6) is 0 Å². The monoisotopic (exact) mass is 323 g/mol. The fraction of sp³-hybridized carbons (Fsp3) is 0.500. The molecule has 1 aromatic carbocycles. The molecule has 1 aromatic rings. The highest BCUT2D eigenvalue weighted by atomic mass is 35.5. The number of anilines is 1. The standard InChI is InChI=1S/C16H21N3O2.ClH/c20-15(18-13-8-9-13)11-4-6-12(7-5-11)19-16(21)14-3-1-2-10-17-14;/h4-7,13-14,17H,1-3,8-10H2,(H,18,20)(H,19,21);1H/t14-;/m0./s1. The van der Waals surface area contributed by atoms with Gasteiger partial charge in [-0.05, 0) is 56.5 Å². The maximum atomic E-state index is 12.1. The predicted octanol–water partition coefficient (Wildman–Crippen LogP) is 2.08. The number of nitrogens with one attached hydrogen (secondary N) is 3. The smallest absolute Gasteiger partial charge is 0.251 e. The van der Waals surface area contributed by atoms with E-state index in [4.69, 9.17) is 0 Å². The minimum absolute atomic E-state index is 0. The fourth-order valence-electron chi connectivity index (χ4n) is 2.51. The number of piperidine rings is 1. The Morgan fingerprint density at radius 3 is 2.36 bits per heavy atom. The molecule has 1 aliphatic heterocycles. The predicted molar refractivity (Wildman–Crippen MR) is 88.4 cm³/mol. The first-order chi connectivity index (χ1) is 10.2. The number of carbonyl (C=O) groups excluding carboxylic acids is 2. The lowest BCUT2D eigenvalue weighted by Crippen LogP contribution is -2.43. The summed E-state index contributed by atoms with van der Waals surface area (Å²) < 4.78 is 0. The third kappa shape index (κ3) is 4.45. The van der Waals surface area contributed by atoms with Crippen molar-refractivity contribution in [2.24, 2.45) is 0 Å². The first-order valence-electron chi connectivity index (χ1n) is 7.67. The van der Waals surface area contributed by atoms with E-state index >= 15 is 0 Å². The summed E-state index contributed by atoms with van der Waals surface area (Å²) in [6, 6.07) is 7.32. The molecule has 1 saturated carbocycles. The van der Waals surface area contributed by atoms with Gasteiger partial charge in [-0.2, -0.15) is 0 Å². The molecular weight excluding hydrogens is 302 g/mol. The van der Waals surface area contributed by atoms with Gasteiger partial charge < -0.3 is 16.0 Å². The summed E-state index contributed by atoms with van der Waals surface area (Å²) in [5.74, 6) is -0.0331. The Labute approximate surface area is 136 Å². The van der Waals surface area contributed by atoms with Crippen molar-refractivity contribution in [3.05, 3.63) is 29.8 Å². The van der Waals surface area contributed by atoms with E-state index in [0.717, 1.165) is 44.3 Å². The third-order valence-electron chi connectivity index (χ3n) is 3.95. The lowest BCUT2D eigenvalue weighted by molar-refractivity contribution is -0.118. The van der Waals surface area contributed by atoms with Gasteiger partial charge in [0.15, 0.2) is 0 Å². The van der Waals surface area contributed by atoms with Crippen LogP contribution in [0, 0.1) is 0 Å². The highest BCUT2D eigenvalue weighted by Gasteiger charge is 2.24. The molecule has 5 nitrogen and oxygen atoms in total. The summed E-state index contributed by atoms with van der Waals surface area (Å²) >= 11 is 0. The van der Waals surface area contributed by atoms with E-state index in [1.54, 1.807) is 24.3 Å². The third-order valence-corrected chi connectivity index (χ3v) is 3.95. The van der Waals surface area contributed by atoms with Crippen LogP contribution in [0.15, 0.2) is 24.3 Å². The van der Waals surface area contributed by atoms with Gasteiger partial charge in [-0.15, -0.1) is 12.4 Å². The second-order valence-electron chi connectivity index (χ2n) is 5.82. The van der Waals surface area contributed by atoms with Gasteiger partial charge in [0, 0.05) is 17.3 Å². The van der Waals surface area contributed by atoms with E-state index in [0.29, 0.717) is 11.6 Å². The molecule has 1 saturated heterocycles. The molecule has 3 N–H and O–H groups in total. The summed E-state index contributed by atoms with van der Waals surface area (Å²) in [6.07, 6.45) is 5.26. The SMILES string of the molecule is Cl.O=C(NC1CC1)c1ccc(NC(=O)[C@@H]2CCCCN2)cc1. The zero-order chi connectivity index (χ0) is 14.7. The quantitative estimate of drug-likeness (QED) is 0.794. The number of benzene rings is 1. The van der Waals surface area contributed by atoms with E-state index in [2.05, 4.69) is 16.0 Å². The second-order valence-corrected chi connectivity index (χ2v) is 5.82. The minimum Gasteiger partial charge on any atom is -0.349 e. The average Bonchev–Trinajstić information content (AvgIpc) is 3.33. The van der Waals surface area contributed by atoms with E-state index in [1.165, 1.54) is 0 Å². The molecule has 22 heavy (non-hydrogen) atoms. The van der Waals surface area contributed by atoms with E-state index < -0.39 is 0 Å².